The maximum Gasteiger partial charge on any atom is 0.146 e. The van der Waals surface area contributed by atoms with E-state index in [0.29, 0.717) is 0 Å². The summed E-state index contributed by atoms with van der Waals surface area (Å²) >= 11 is 0. The molecule has 1 heterocycles. The SMILES string of the molecule is N#C[C@]1(c2ncccc2F)C[C@@H](O)C1. The summed E-state index contributed by atoms with van der Waals surface area (Å²) in [6.45, 7) is 0. The lowest BCUT2D eigenvalue weighted by Crippen LogP contribution is -2.44. The van der Waals surface area contributed by atoms with E-state index >= 15 is 0 Å². The van der Waals surface area contributed by atoms with Crippen LogP contribution in [0.2, 0.25) is 0 Å². The fraction of sp³-hybridized carbons (Fsp3) is 0.400. The Labute approximate surface area is 80.8 Å². The van der Waals surface area contributed by atoms with Crippen molar-refractivity contribution in [2.75, 3.05) is 0 Å². The van der Waals surface area contributed by atoms with Crippen LogP contribution in [0.4, 0.5) is 4.39 Å². The van der Waals surface area contributed by atoms with Crippen LogP contribution in [-0.2, 0) is 5.41 Å². The van der Waals surface area contributed by atoms with E-state index in [1.807, 2.05) is 6.07 Å². The molecule has 1 aromatic rings. The van der Waals surface area contributed by atoms with Crippen molar-refractivity contribution >= 4 is 0 Å². The van der Waals surface area contributed by atoms with Gasteiger partial charge in [-0.05, 0) is 25.0 Å². The second-order valence-electron chi connectivity index (χ2n) is 3.59. The molecule has 3 nitrogen and oxygen atoms in total. The number of pyridine rings is 1. The molecule has 0 radical (unpaired) electrons. The summed E-state index contributed by atoms with van der Waals surface area (Å²) in [6, 6.07) is 4.81. The first-order valence-corrected chi connectivity index (χ1v) is 4.38. The fourth-order valence-corrected chi connectivity index (χ4v) is 1.82. The molecule has 0 aliphatic heterocycles. The van der Waals surface area contributed by atoms with Crippen molar-refractivity contribution in [3.05, 3.63) is 29.8 Å². The number of aliphatic hydroxyl groups excluding tert-OH is 1. The molecule has 0 aromatic carbocycles. The number of nitriles is 1. The molecule has 0 saturated heterocycles. The van der Waals surface area contributed by atoms with Gasteiger partial charge in [0, 0.05) is 6.20 Å². The van der Waals surface area contributed by atoms with Crippen LogP contribution in [0, 0.1) is 17.1 Å². The van der Waals surface area contributed by atoms with E-state index in [2.05, 4.69) is 4.98 Å². The molecule has 14 heavy (non-hydrogen) atoms. The Hall–Kier alpha value is -1.47. The average molecular weight is 192 g/mol. The predicted molar refractivity (Wildman–Crippen MR) is 46.7 cm³/mol. The highest BCUT2D eigenvalue weighted by Crippen LogP contribution is 2.43. The molecule has 0 bridgehead atoms. The van der Waals surface area contributed by atoms with Crippen molar-refractivity contribution < 1.29 is 9.50 Å². The van der Waals surface area contributed by atoms with Gasteiger partial charge in [0.05, 0.1) is 17.9 Å². The van der Waals surface area contributed by atoms with Crippen LogP contribution in [0.25, 0.3) is 0 Å². The Morgan fingerprint density at radius 3 is 2.86 bits per heavy atom. The van der Waals surface area contributed by atoms with Gasteiger partial charge in [0.2, 0.25) is 0 Å². The average Bonchev–Trinajstić information content (AvgIpc) is 2.14. The van der Waals surface area contributed by atoms with Crippen LogP contribution in [0.5, 0.6) is 0 Å². The van der Waals surface area contributed by atoms with E-state index in [9.17, 15) is 4.39 Å². The summed E-state index contributed by atoms with van der Waals surface area (Å²) in [7, 11) is 0. The lowest BCUT2D eigenvalue weighted by atomic mass is 9.65. The second kappa shape index (κ2) is 3.03. The number of halogens is 1. The van der Waals surface area contributed by atoms with Crippen molar-refractivity contribution in [3.63, 3.8) is 0 Å². The van der Waals surface area contributed by atoms with E-state index in [4.69, 9.17) is 10.4 Å². The zero-order valence-corrected chi connectivity index (χ0v) is 7.44. The highest BCUT2D eigenvalue weighted by atomic mass is 19.1. The van der Waals surface area contributed by atoms with Crippen LogP contribution in [0.1, 0.15) is 18.5 Å². The largest absolute Gasteiger partial charge is 0.393 e. The molecular weight excluding hydrogens is 183 g/mol. The van der Waals surface area contributed by atoms with E-state index in [0.717, 1.165) is 0 Å². The lowest BCUT2D eigenvalue weighted by molar-refractivity contribution is 0.0412. The molecule has 1 N–H and O–H groups in total. The van der Waals surface area contributed by atoms with E-state index in [1.165, 1.54) is 18.3 Å². The fourth-order valence-electron chi connectivity index (χ4n) is 1.82. The van der Waals surface area contributed by atoms with Crippen molar-refractivity contribution in [2.45, 2.75) is 24.4 Å². The Kier molecular flexibility index (Phi) is 1.97. The van der Waals surface area contributed by atoms with Crippen molar-refractivity contribution in [1.82, 2.24) is 4.98 Å². The van der Waals surface area contributed by atoms with Crippen LogP contribution in [-0.4, -0.2) is 16.2 Å². The number of hydrogen-bond donors (Lipinski definition) is 1. The van der Waals surface area contributed by atoms with Crippen LogP contribution < -0.4 is 0 Å². The highest BCUT2D eigenvalue weighted by Gasteiger charge is 2.48. The normalized spacial score (nSPS) is 30.5. The molecule has 4 heteroatoms. The lowest BCUT2D eigenvalue weighted by Gasteiger charge is -2.38. The molecule has 1 fully saturated rings. The minimum Gasteiger partial charge on any atom is -0.393 e. The zero-order valence-electron chi connectivity index (χ0n) is 7.44. The topological polar surface area (TPSA) is 56.9 Å². The van der Waals surface area contributed by atoms with Gasteiger partial charge in [0.1, 0.15) is 11.2 Å². The first kappa shape index (κ1) is 9.10. The van der Waals surface area contributed by atoms with Gasteiger partial charge in [0.15, 0.2) is 0 Å². The number of aromatic nitrogens is 1. The Morgan fingerprint density at radius 1 is 1.64 bits per heavy atom. The number of rotatable bonds is 1. The van der Waals surface area contributed by atoms with Gasteiger partial charge in [0.25, 0.3) is 0 Å². The molecule has 0 atom stereocenters. The maximum atomic E-state index is 13.3. The molecule has 0 amide bonds. The summed E-state index contributed by atoms with van der Waals surface area (Å²) in [5, 5.41) is 18.1. The minimum atomic E-state index is -0.912. The van der Waals surface area contributed by atoms with Crippen molar-refractivity contribution in [2.24, 2.45) is 0 Å². The smallest absolute Gasteiger partial charge is 0.146 e. The third kappa shape index (κ3) is 1.17. The van der Waals surface area contributed by atoms with Crippen LogP contribution in [0.3, 0.4) is 0 Å². The molecule has 2 rings (SSSR count). The van der Waals surface area contributed by atoms with E-state index in [1.54, 1.807) is 0 Å². The van der Waals surface area contributed by atoms with Gasteiger partial charge in [-0.2, -0.15) is 5.26 Å². The van der Waals surface area contributed by atoms with E-state index < -0.39 is 17.3 Å². The Bertz CT molecular complexity index is 393. The third-order valence-corrected chi connectivity index (χ3v) is 2.59. The summed E-state index contributed by atoms with van der Waals surface area (Å²) in [6.07, 6.45) is 1.51. The van der Waals surface area contributed by atoms with E-state index in [-0.39, 0.29) is 18.5 Å². The third-order valence-electron chi connectivity index (χ3n) is 2.59. The molecule has 1 aromatic heterocycles. The van der Waals surface area contributed by atoms with Gasteiger partial charge >= 0.3 is 0 Å². The number of hydrogen-bond acceptors (Lipinski definition) is 3. The van der Waals surface area contributed by atoms with Gasteiger partial charge in [-0.1, -0.05) is 0 Å². The minimum absolute atomic E-state index is 0.160. The van der Waals surface area contributed by atoms with Crippen LogP contribution in [0.15, 0.2) is 18.3 Å². The molecule has 1 saturated carbocycles. The summed E-state index contributed by atoms with van der Waals surface area (Å²) in [5.41, 5.74) is -0.752. The molecule has 0 unspecified atom stereocenters. The van der Waals surface area contributed by atoms with Crippen molar-refractivity contribution in [3.8, 4) is 6.07 Å². The van der Waals surface area contributed by atoms with Crippen molar-refractivity contribution in [1.29, 1.82) is 5.26 Å². The monoisotopic (exact) mass is 192 g/mol. The van der Waals surface area contributed by atoms with Gasteiger partial charge in [-0.15, -0.1) is 0 Å². The summed E-state index contributed by atoms with van der Waals surface area (Å²) in [5.74, 6) is -0.471. The Morgan fingerprint density at radius 2 is 2.36 bits per heavy atom. The quantitative estimate of drug-likeness (QED) is 0.725. The Balaban J connectivity index is 2.40. The number of nitrogens with zero attached hydrogens (tertiary/aromatic N) is 2. The first-order valence-electron chi connectivity index (χ1n) is 4.38. The molecule has 72 valence electrons. The standard InChI is InChI=1S/C10H9FN2O/c11-8-2-1-3-13-9(8)10(6-12)4-7(14)5-10/h1-3,7,14H,4-5H2/t7-,10+. The van der Waals surface area contributed by atoms with Gasteiger partial charge in [-0.25, -0.2) is 4.39 Å². The number of aliphatic hydroxyl groups is 1. The zero-order chi connectivity index (χ0) is 10.2. The predicted octanol–water partition coefficient (Wildman–Crippen LogP) is 1.14. The molecule has 0 spiro atoms. The first-order chi connectivity index (χ1) is 6.68. The summed E-state index contributed by atoms with van der Waals surface area (Å²) < 4.78 is 13.3. The molecule has 1 aliphatic carbocycles. The van der Waals surface area contributed by atoms with Gasteiger partial charge < -0.3 is 5.11 Å². The second-order valence-corrected chi connectivity index (χ2v) is 3.59. The van der Waals surface area contributed by atoms with Crippen LogP contribution >= 0.6 is 0 Å². The van der Waals surface area contributed by atoms with Gasteiger partial charge in [-0.3, -0.25) is 4.98 Å². The summed E-state index contributed by atoms with van der Waals surface area (Å²) in [4.78, 5) is 3.87. The highest BCUT2D eigenvalue weighted by molar-refractivity contribution is 5.32. The molecule has 1 aliphatic rings. The molecular formula is C10H9FN2O. The maximum absolute atomic E-state index is 13.3.